The number of nitrogens with zero attached hydrogens (tertiary/aromatic N) is 2. The Morgan fingerprint density at radius 1 is 1.33 bits per heavy atom. The van der Waals surface area contributed by atoms with Crippen molar-refractivity contribution in [2.75, 3.05) is 26.2 Å². The summed E-state index contributed by atoms with van der Waals surface area (Å²) in [6.45, 7) is 10.4. The highest BCUT2D eigenvalue weighted by molar-refractivity contribution is 5.19. The molecular weight excluding hydrogens is 224 g/mol. The molecule has 1 N–H and O–H groups in total. The molecule has 0 unspecified atom stereocenters. The molecule has 0 fully saturated rings. The first kappa shape index (κ1) is 19.2. The molecule has 3 heteroatoms. The van der Waals surface area contributed by atoms with Gasteiger partial charge in [0.2, 0.25) is 0 Å². The van der Waals surface area contributed by atoms with Gasteiger partial charge in [0, 0.05) is 26.1 Å². The molecule has 0 aliphatic carbocycles. The third kappa shape index (κ3) is 11.4. The predicted octanol–water partition coefficient (Wildman–Crippen LogP) is 3.13. The molecule has 0 amide bonds. The van der Waals surface area contributed by atoms with Gasteiger partial charge in [-0.15, -0.1) is 0 Å². The Balaban J connectivity index is 0. The molecule has 0 spiro atoms. The Morgan fingerprint density at radius 2 is 2.00 bits per heavy atom. The van der Waals surface area contributed by atoms with E-state index < -0.39 is 0 Å². The SMILES string of the molecule is C/C=C(\C=C/CC)CN(CCO)CCC#N.CC. The quantitative estimate of drug-likeness (QED) is 0.675. The van der Waals surface area contributed by atoms with Crippen molar-refractivity contribution in [3.8, 4) is 6.07 Å². The lowest BCUT2D eigenvalue weighted by atomic mass is 10.2. The second-order valence-corrected chi connectivity index (χ2v) is 3.58. The van der Waals surface area contributed by atoms with Crippen molar-refractivity contribution in [1.82, 2.24) is 4.90 Å². The van der Waals surface area contributed by atoms with Gasteiger partial charge in [-0.2, -0.15) is 5.26 Å². The van der Waals surface area contributed by atoms with Gasteiger partial charge < -0.3 is 5.11 Å². The van der Waals surface area contributed by atoms with Crippen LogP contribution in [0.25, 0.3) is 0 Å². The maximum Gasteiger partial charge on any atom is 0.0635 e. The van der Waals surface area contributed by atoms with E-state index in [-0.39, 0.29) is 6.61 Å². The van der Waals surface area contributed by atoms with Crippen LogP contribution in [0.2, 0.25) is 0 Å². The second kappa shape index (κ2) is 15.9. The van der Waals surface area contributed by atoms with E-state index in [9.17, 15) is 0 Å². The van der Waals surface area contributed by atoms with Crippen molar-refractivity contribution < 1.29 is 5.11 Å². The van der Waals surface area contributed by atoms with Gasteiger partial charge in [0.1, 0.15) is 0 Å². The van der Waals surface area contributed by atoms with E-state index in [0.29, 0.717) is 19.5 Å². The first-order valence-electron chi connectivity index (χ1n) is 6.80. The van der Waals surface area contributed by atoms with E-state index in [0.717, 1.165) is 13.0 Å². The summed E-state index contributed by atoms with van der Waals surface area (Å²) in [6.07, 6.45) is 7.83. The molecule has 18 heavy (non-hydrogen) atoms. The van der Waals surface area contributed by atoms with E-state index in [2.05, 4.69) is 36.1 Å². The van der Waals surface area contributed by atoms with E-state index in [1.165, 1.54) is 5.57 Å². The first-order chi connectivity index (χ1) is 8.78. The van der Waals surface area contributed by atoms with Gasteiger partial charge in [-0.1, -0.05) is 39.0 Å². The van der Waals surface area contributed by atoms with Crippen LogP contribution < -0.4 is 0 Å². The minimum Gasteiger partial charge on any atom is -0.395 e. The fourth-order valence-corrected chi connectivity index (χ4v) is 1.39. The summed E-state index contributed by atoms with van der Waals surface area (Å²) in [5.41, 5.74) is 1.23. The van der Waals surface area contributed by atoms with E-state index >= 15 is 0 Å². The Bertz CT molecular complexity index is 264. The molecule has 0 heterocycles. The molecule has 0 rings (SSSR count). The van der Waals surface area contributed by atoms with Crippen molar-refractivity contribution in [1.29, 1.82) is 5.26 Å². The predicted molar refractivity (Wildman–Crippen MR) is 78.3 cm³/mol. The summed E-state index contributed by atoms with van der Waals surface area (Å²) in [7, 11) is 0. The van der Waals surface area contributed by atoms with Crippen LogP contribution in [0.1, 0.15) is 40.5 Å². The molecule has 0 aliphatic rings. The summed E-state index contributed by atoms with van der Waals surface area (Å²) in [5, 5.41) is 17.5. The topological polar surface area (TPSA) is 47.3 Å². The molecule has 0 saturated heterocycles. The van der Waals surface area contributed by atoms with Gasteiger partial charge in [-0.05, 0) is 18.9 Å². The highest BCUT2D eigenvalue weighted by Crippen LogP contribution is 2.03. The minimum absolute atomic E-state index is 0.139. The molecule has 0 aliphatic heterocycles. The average Bonchev–Trinajstić information content (AvgIpc) is 2.42. The molecule has 0 bridgehead atoms. The number of allylic oxidation sites excluding steroid dienone is 2. The molecule has 0 aromatic heterocycles. The van der Waals surface area contributed by atoms with Crippen LogP contribution >= 0.6 is 0 Å². The molecule has 104 valence electrons. The lowest BCUT2D eigenvalue weighted by Crippen LogP contribution is -2.29. The largest absolute Gasteiger partial charge is 0.395 e. The van der Waals surface area contributed by atoms with Crippen LogP contribution in [0.5, 0.6) is 0 Å². The normalized spacial score (nSPS) is 11.3. The maximum atomic E-state index is 8.94. The number of hydrogen-bond acceptors (Lipinski definition) is 3. The van der Waals surface area contributed by atoms with Crippen LogP contribution in [0.15, 0.2) is 23.8 Å². The van der Waals surface area contributed by atoms with Crippen molar-refractivity contribution >= 4 is 0 Å². The molecule has 3 nitrogen and oxygen atoms in total. The summed E-state index contributed by atoms with van der Waals surface area (Å²) in [5.74, 6) is 0. The van der Waals surface area contributed by atoms with Gasteiger partial charge >= 0.3 is 0 Å². The zero-order chi connectivity index (χ0) is 14.2. The number of rotatable bonds is 8. The van der Waals surface area contributed by atoms with Crippen LogP contribution in [-0.2, 0) is 0 Å². The number of hydrogen-bond donors (Lipinski definition) is 1. The summed E-state index contributed by atoms with van der Waals surface area (Å²) in [6, 6.07) is 2.13. The first-order valence-corrected chi connectivity index (χ1v) is 6.80. The Labute approximate surface area is 112 Å². The lowest BCUT2D eigenvalue weighted by molar-refractivity contribution is 0.209. The fourth-order valence-electron chi connectivity index (χ4n) is 1.39. The lowest BCUT2D eigenvalue weighted by Gasteiger charge is -2.20. The number of nitriles is 1. The van der Waals surface area contributed by atoms with Gasteiger partial charge in [0.25, 0.3) is 0 Å². The van der Waals surface area contributed by atoms with Gasteiger partial charge in [-0.3, -0.25) is 4.90 Å². The number of aliphatic hydroxyl groups is 1. The highest BCUT2D eigenvalue weighted by Gasteiger charge is 2.04. The Hall–Kier alpha value is -1.11. The summed E-state index contributed by atoms with van der Waals surface area (Å²) >= 11 is 0. The Morgan fingerprint density at radius 3 is 2.44 bits per heavy atom. The molecule has 0 aromatic carbocycles. The van der Waals surface area contributed by atoms with Crippen LogP contribution in [0, 0.1) is 11.3 Å². The molecular formula is C15H28N2O. The van der Waals surface area contributed by atoms with Crippen molar-refractivity contribution in [3.05, 3.63) is 23.8 Å². The van der Waals surface area contributed by atoms with Crippen molar-refractivity contribution in [2.24, 2.45) is 0 Å². The van der Waals surface area contributed by atoms with Crippen LogP contribution in [-0.4, -0.2) is 36.2 Å². The molecule has 0 atom stereocenters. The summed E-state index contributed by atoms with van der Waals surface area (Å²) < 4.78 is 0. The average molecular weight is 252 g/mol. The van der Waals surface area contributed by atoms with Crippen molar-refractivity contribution in [3.63, 3.8) is 0 Å². The second-order valence-electron chi connectivity index (χ2n) is 3.58. The van der Waals surface area contributed by atoms with Crippen LogP contribution in [0.3, 0.4) is 0 Å². The Kier molecular flexibility index (Phi) is 17.0. The standard InChI is InChI=1S/C13H22N2O.C2H6/c1-3-5-7-13(4-2)12-15(10-11-16)9-6-8-14;1-2/h4-5,7,16H,3,6,9-12H2,1-2H3;1-2H3/b7-5-,13-4+;. The summed E-state index contributed by atoms with van der Waals surface area (Å²) in [4.78, 5) is 2.10. The maximum absolute atomic E-state index is 8.94. The van der Waals surface area contributed by atoms with Gasteiger partial charge in [0.05, 0.1) is 12.7 Å². The van der Waals surface area contributed by atoms with Crippen molar-refractivity contribution in [2.45, 2.75) is 40.5 Å². The zero-order valence-corrected chi connectivity index (χ0v) is 12.3. The fraction of sp³-hybridized carbons (Fsp3) is 0.667. The van der Waals surface area contributed by atoms with Gasteiger partial charge in [0.15, 0.2) is 0 Å². The molecule has 0 radical (unpaired) electrons. The van der Waals surface area contributed by atoms with Gasteiger partial charge in [-0.25, -0.2) is 0 Å². The smallest absolute Gasteiger partial charge is 0.0635 e. The highest BCUT2D eigenvalue weighted by atomic mass is 16.3. The van der Waals surface area contributed by atoms with E-state index in [1.807, 2.05) is 20.8 Å². The van der Waals surface area contributed by atoms with Crippen LogP contribution in [0.4, 0.5) is 0 Å². The van der Waals surface area contributed by atoms with E-state index in [1.54, 1.807) is 0 Å². The third-order valence-corrected chi connectivity index (χ3v) is 2.30. The monoisotopic (exact) mass is 252 g/mol. The number of aliphatic hydroxyl groups excluding tert-OH is 1. The third-order valence-electron chi connectivity index (χ3n) is 2.30. The van der Waals surface area contributed by atoms with E-state index in [4.69, 9.17) is 10.4 Å². The molecule has 0 saturated carbocycles. The zero-order valence-electron chi connectivity index (χ0n) is 12.3. The minimum atomic E-state index is 0.139. The molecule has 0 aromatic rings.